The lowest BCUT2D eigenvalue weighted by molar-refractivity contribution is -0.141. The maximum atomic E-state index is 11.8. The fraction of sp³-hybridized carbons (Fsp3) is 0.571. The number of carbonyl (C=O) groups excluding carboxylic acids is 1. The molecule has 21 heavy (non-hydrogen) atoms. The van der Waals surface area contributed by atoms with Crippen LogP contribution in [0.4, 0.5) is 5.82 Å². The summed E-state index contributed by atoms with van der Waals surface area (Å²) in [6.45, 7) is 8.64. The summed E-state index contributed by atoms with van der Waals surface area (Å²) in [5.74, 6) is 0.236. The second-order valence-electron chi connectivity index (χ2n) is 4.70. The standard InChI is InChI=1S/C14H22N4O2S/c1-5-7-18(8-11(19)20-6-2)14-12(13(15)21)9(3)10(4)16-17-14/h5-8H2,1-4H3,(H2,15,21). The maximum Gasteiger partial charge on any atom is 0.325 e. The Morgan fingerprint density at radius 1 is 1.33 bits per heavy atom. The van der Waals surface area contributed by atoms with E-state index in [1.165, 1.54) is 0 Å². The van der Waals surface area contributed by atoms with E-state index < -0.39 is 0 Å². The van der Waals surface area contributed by atoms with Gasteiger partial charge in [0.15, 0.2) is 5.82 Å². The van der Waals surface area contributed by atoms with Crippen LogP contribution in [-0.4, -0.2) is 40.9 Å². The first kappa shape index (κ1) is 17.3. The number of rotatable bonds is 7. The zero-order valence-corrected chi connectivity index (χ0v) is 13.8. The topological polar surface area (TPSA) is 81.3 Å². The third kappa shape index (κ3) is 4.35. The summed E-state index contributed by atoms with van der Waals surface area (Å²) in [7, 11) is 0. The molecular weight excluding hydrogens is 288 g/mol. The van der Waals surface area contributed by atoms with Crippen LogP contribution in [0.3, 0.4) is 0 Å². The van der Waals surface area contributed by atoms with E-state index in [1.807, 2.05) is 25.7 Å². The summed E-state index contributed by atoms with van der Waals surface area (Å²) in [6, 6.07) is 0. The van der Waals surface area contributed by atoms with Crippen molar-refractivity contribution >= 4 is 29.0 Å². The first-order chi connectivity index (χ1) is 9.92. The monoisotopic (exact) mass is 310 g/mol. The Bertz CT molecular complexity index is 534. The highest BCUT2D eigenvalue weighted by Crippen LogP contribution is 2.22. The van der Waals surface area contributed by atoms with Gasteiger partial charge in [-0.3, -0.25) is 4.79 Å². The lowest BCUT2D eigenvalue weighted by Gasteiger charge is -2.24. The van der Waals surface area contributed by atoms with Gasteiger partial charge in [0.05, 0.1) is 17.9 Å². The van der Waals surface area contributed by atoms with Crippen LogP contribution in [-0.2, 0) is 9.53 Å². The fourth-order valence-electron chi connectivity index (χ4n) is 2.00. The summed E-state index contributed by atoms with van der Waals surface area (Å²) < 4.78 is 5.00. The first-order valence-electron chi connectivity index (χ1n) is 6.96. The SMILES string of the molecule is CCCN(CC(=O)OCC)c1nnc(C)c(C)c1C(N)=S. The fourth-order valence-corrected chi connectivity index (χ4v) is 2.25. The number of esters is 1. The molecule has 2 N–H and O–H groups in total. The van der Waals surface area contributed by atoms with Gasteiger partial charge in [0.2, 0.25) is 0 Å². The lowest BCUT2D eigenvalue weighted by Crippen LogP contribution is -2.35. The molecule has 0 saturated heterocycles. The molecule has 0 fully saturated rings. The molecule has 1 heterocycles. The lowest BCUT2D eigenvalue weighted by atomic mass is 10.1. The van der Waals surface area contributed by atoms with E-state index >= 15 is 0 Å². The minimum absolute atomic E-state index is 0.106. The molecule has 0 aromatic carbocycles. The molecule has 0 aliphatic rings. The van der Waals surface area contributed by atoms with Crippen LogP contribution < -0.4 is 10.6 Å². The average Bonchev–Trinajstić information content (AvgIpc) is 2.41. The molecule has 1 aromatic heterocycles. The van der Waals surface area contributed by atoms with E-state index in [0.29, 0.717) is 24.5 Å². The van der Waals surface area contributed by atoms with Crippen molar-refractivity contribution in [3.05, 3.63) is 16.8 Å². The number of carbonyl (C=O) groups is 1. The normalized spacial score (nSPS) is 10.3. The molecule has 0 amide bonds. The Morgan fingerprint density at radius 3 is 2.52 bits per heavy atom. The Hall–Kier alpha value is -1.76. The van der Waals surface area contributed by atoms with Crippen molar-refractivity contribution in [2.24, 2.45) is 5.73 Å². The number of hydrogen-bond donors (Lipinski definition) is 1. The number of aryl methyl sites for hydroxylation is 1. The van der Waals surface area contributed by atoms with E-state index in [2.05, 4.69) is 10.2 Å². The molecule has 0 atom stereocenters. The van der Waals surface area contributed by atoms with Crippen LogP contribution in [0.2, 0.25) is 0 Å². The summed E-state index contributed by atoms with van der Waals surface area (Å²) >= 11 is 5.13. The predicted molar refractivity (Wildman–Crippen MR) is 86.5 cm³/mol. The van der Waals surface area contributed by atoms with Crippen LogP contribution >= 0.6 is 12.2 Å². The van der Waals surface area contributed by atoms with Gasteiger partial charge in [-0.2, -0.15) is 5.10 Å². The smallest absolute Gasteiger partial charge is 0.325 e. The summed E-state index contributed by atoms with van der Waals surface area (Å²) in [5.41, 5.74) is 8.16. The molecule has 0 bridgehead atoms. The highest BCUT2D eigenvalue weighted by Gasteiger charge is 2.21. The summed E-state index contributed by atoms with van der Waals surface area (Å²) in [5, 5.41) is 8.31. The van der Waals surface area contributed by atoms with E-state index in [1.54, 1.807) is 6.92 Å². The first-order valence-corrected chi connectivity index (χ1v) is 7.37. The van der Waals surface area contributed by atoms with Crippen LogP contribution in [0, 0.1) is 13.8 Å². The Balaban J connectivity index is 3.21. The average molecular weight is 310 g/mol. The molecule has 0 unspecified atom stereocenters. The second kappa shape index (κ2) is 7.87. The summed E-state index contributed by atoms with van der Waals surface area (Å²) in [4.78, 5) is 13.8. The molecule has 0 spiro atoms. The molecule has 0 saturated carbocycles. The zero-order chi connectivity index (χ0) is 16.0. The minimum Gasteiger partial charge on any atom is -0.465 e. The summed E-state index contributed by atoms with van der Waals surface area (Å²) in [6.07, 6.45) is 0.852. The van der Waals surface area contributed by atoms with E-state index in [4.69, 9.17) is 22.7 Å². The third-order valence-electron chi connectivity index (χ3n) is 3.10. The van der Waals surface area contributed by atoms with Gasteiger partial charge in [0.1, 0.15) is 11.5 Å². The van der Waals surface area contributed by atoms with Crippen LogP contribution in [0.15, 0.2) is 0 Å². The van der Waals surface area contributed by atoms with Gasteiger partial charge in [-0.25, -0.2) is 0 Å². The van der Waals surface area contributed by atoms with Crippen molar-refractivity contribution in [3.8, 4) is 0 Å². The van der Waals surface area contributed by atoms with Gasteiger partial charge >= 0.3 is 5.97 Å². The molecule has 1 rings (SSSR count). The van der Waals surface area contributed by atoms with Crippen LogP contribution in [0.1, 0.15) is 37.1 Å². The van der Waals surface area contributed by atoms with Gasteiger partial charge in [-0.15, -0.1) is 5.10 Å². The van der Waals surface area contributed by atoms with Crippen molar-refractivity contribution in [1.82, 2.24) is 10.2 Å². The molecule has 1 aromatic rings. The number of nitrogens with two attached hydrogens (primary N) is 1. The van der Waals surface area contributed by atoms with Gasteiger partial charge < -0.3 is 15.4 Å². The molecular formula is C14H22N4O2S. The van der Waals surface area contributed by atoms with Gasteiger partial charge in [-0.05, 0) is 32.8 Å². The van der Waals surface area contributed by atoms with Crippen molar-refractivity contribution < 1.29 is 9.53 Å². The van der Waals surface area contributed by atoms with Crippen LogP contribution in [0.5, 0.6) is 0 Å². The molecule has 6 nitrogen and oxygen atoms in total. The van der Waals surface area contributed by atoms with E-state index in [-0.39, 0.29) is 17.5 Å². The highest BCUT2D eigenvalue weighted by atomic mass is 32.1. The Morgan fingerprint density at radius 2 is 2.00 bits per heavy atom. The molecule has 0 radical (unpaired) electrons. The number of ether oxygens (including phenoxy) is 1. The van der Waals surface area contributed by atoms with Crippen molar-refractivity contribution in [2.75, 3.05) is 24.6 Å². The zero-order valence-electron chi connectivity index (χ0n) is 13.0. The van der Waals surface area contributed by atoms with Crippen molar-refractivity contribution in [1.29, 1.82) is 0 Å². The molecule has 0 aliphatic carbocycles. The molecule has 0 aliphatic heterocycles. The quantitative estimate of drug-likeness (QED) is 0.604. The highest BCUT2D eigenvalue weighted by molar-refractivity contribution is 7.80. The van der Waals surface area contributed by atoms with Crippen molar-refractivity contribution in [2.45, 2.75) is 34.1 Å². The predicted octanol–water partition coefficient (Wildman–Crippen LogP) is 1.51. The minimum atomic E-state index is -0.306. The largest absolute Gasteiger partial charge is 0.465 e. The number of aromatic nitrogens is 2. The van der Waals surface area contributed by atoms with Gasteiger partial charge in [0, 0.05) is 6.54 Å². The Kier molecular flexibility index (Phi) is 6.48. The van der Waals surface area contributed by atoms with E-state index in [9.17, 15) is 4.79 Å². The number of anilines is 1. The molecule has 116 valence electrons. The van der Waals surface area contributed by atoms with Gasteiger partial charge in [0.25, 0.3) is 0 Å². The van der Waals surface area contributed by atoms with Gasteiger partial charge in [-0.1, -0.05) is 19.1 Å². The third-order valence-corrected chi connectivity index (χ3v) is 3.30. The van der Waals surface area contributed by atoms with Crippen LogP contribution in [0.25, 0.3) is 0 Å². The maximum absolute atomic E-state index is 11.8. The number of thiocarbonyl (C=S) groups is 1. The van der Waals surface area contributed by atoms with E-state index in [0.717, 1.165) is 17.7 Å². The second-order valence-corrected chi connectivity index (χ2v) is 5.14. The molecule has 7 heteroatoms. The Labute approximate surface area is 130 Å². The number of hydrogen-bond acceptors (Lipinski definition) is 6. The van der Waals surface area contributed by atoms with Crippen molar-refractivity contribution in [3.63, 3.8) is 0 Å². The number of nitrogens with zero attached hydrogens (tertiary/aromatic N) is 3.